The minimum absolute atomic E-state index is 0.102. The van der Waals surface area contributed by atoms with Crippen molar-refractivity contribution in [2.75, 3.05) is 32.8 Å². The Morgan fingerprint density at radius 1 is 1.20 bits per heavy atom. The summed E-state index contributed by atoms with van der Waals surface area (Å²) in [6.45, 7) is 8.54. The Morgan fingerprint density at radius 2 is 1.88 bits per heavy atom. The zero-order chi connectivity index (χ0) is 18.2. The quantitative estimate of drug-likeness (QED) is 0.744. The number of aryl methyl sites for hydroxylation is 2. The first-order valence-electron chi connectivity index (χ1n) is 9.00. The summed E-state index contributed by atoms with van der Waals surface area (Å²) >= 11 is 0. The summed E-state index contributed by atoms with van der Waals surface area (Å²) in [5, 5.41) is 3.84. The highest BCUT2D eigenvalue weighted by atomic mass is 16.6. The van der Waals surface area contributed by atoms with Crippen LogP contribution in [-0.4, -0.2) is 64.7 Å². The number of carbonyl (C=O) groups excluding carboxylic acids is 2. The summed E-state index contributed by atoms with van der Waals surface area (Å²) in [6, 6.07) is 0. The fourth-order valence-corrected chi connectivity index (χ4v) is 2.55. The SMILES string of the molecule is CCc1noc(CCCC(=O)N2CCN(C(=O)OCC(C)C)CC2)n1. The Balaban J connectivity index is 1.66. The van der Waals surface area contributed by atoms with E-state index in [4.69, 9.17) is 9.26 Å². The van der Waals surface area contributed by atoms with Crippen molar-refractivity contribution in [1.29, 1.82) is 0 Å². The Labute approximate surface area is 148 Å². The molecule has 0 atom stereocenters. The molecule has 0 unspecified atom stereocenters. The molecule has 8 heteroatoms. The number of amides is 2. The van der Waals surface area contributed by atoms with Gasteiger partial charge in [-0.05, 0) is 12.3 Å². The topological polar surface area (TPSA) is 88.8 Å². The zero-order valence-corrected chi connectivity index (χ0v) is 15.4. The van der Waals surface area contributed by atoms with Crippen LogP contribution in [0.15, 0.2) is 4.52 Å². The van der Waals surface area contributed by atoms with Crippen LogP contribution in [-0.2, 0) is 22.4 Å². The summed E-state index contributed by atoms with van der Waals surface area (Å²) in [4.78, 5) is 31.9. The molecule has 1 aliphatic rings. The van der Waals surface area contributed by atoms with E-state index in [1.807, 2.05) is 20.8 Å². The average Bonchev–Trinajstić information content (AvgIpc) is 3.07. The number of hydrogen-bond acceptors (Lipinski definition) is 6. The van der Waals surface area contributed by atoms with Gasteiger partial charge >= 0.3 is 6.09 Å². The maximum Gasteiger partial charge on any atom is 0.409 e. The summed E-state index contributed by atoms with van der Waals surface area (Å²) in [5.74, 6) is 1.70. The van der Waals surface area contributed by atoms with Crippen LogP contribution in [0.2, 0.25) is 0 Å². The molecule has 0 aromatic carbocycles. The molecule has 140 valence electrons. The lowest BCUT2D eigenvalue weighted by molar-refractivity contribution is -0.132. The molecule has 8 nitrogen and oxygen atoms in total. The van der Waals surface area contributed by atoms with Gasteiger partial charge in [-0.15, -0.1) is 0 Å². The lowest BCUT2D eigenvalue weighted by atomic mass is 10.2. The van der Waals surface area contributed by atoms with Crippen LogP contribution >= 0.6 is 0 Å². The van der Waals surface area contributed by atoms with Crippen molar-refractivity contribution in [1.82, 2.24) is 19.9 Å². The van der Waals surface area contributed by atoms with Crippen LogP contribution < -0.4 is 0 Å². The lowest BCUT2D eigenvalue weighted by Gasteiger charge is -2.34. The average molecular weight is 352 g/mol. The fraction of sp³-hybridized carbons (Fsp3) is 0.765. The minimum atomic E-state index is -0.288. The standard InChI is InChI=1S/C17H28N4O4/c1-4-14-18-15(25-19-14)6-5-7-16(22)20-8-10-21(11-9-20)17(23)24-12-13(2)3/h13H,4-12H2,1-3H3. The van der Waals surface area contributed by atoms with E-state index in [1.165, 1.54) is 0 Å². The molecule has 1 aliphatic heterocycles. The molecule has 1 aromatic rings. The van der Waals surface area contributed by atoms with Crippen LogP contribution in [0.5, 0.6) is 0 Å². The molecule has 0 N–H and O–H groups in total. The molecule has 1 aromatic heterocycles. The van der Waals surface area contributed by atoms with Crippen molar-refractivity contribution < 1.29 is 18.8 Å². The van der Waals surface area contributed by atoms with Crippen molar-refractivity contribution in [3.63, 3.8) is 0 Å². The first-order valence-corrected chi connectivity index (χ1v) is 9.00. The van der Waals surface area contributed by atoms with E-state index in [0.717, 1.165) is 6.42 Å². The summed E-state index contributed by atoms with van der Waals surface area (Å²) in [7, 11) is 0. The van der Waals surface area contributed by atoms with Crippen LogP contribution in [0.3, 0.4) is 0 Å². The smallest absolute Gasteiger partial charge is 0.409 e. The largest absolute Gasteiger partial charge is 0.449 e. The molecule has 0 spiro atoms. The second kappa shape index (κ2) is 9.39. The normalized spacial score (nSPS) is 14.9. The maximum atomic E-state index is 12.3. The summed E-state index contributed by atoms with van der Waals surface area (Å²) in [5.41, 5.74) is 0. The highest BCUT2D eigenvalue weighted by Gasteiger charge is 2.24. The second-order valence-corrected chi connectivity index (χ2v) is 6.65. The molecule has 1 saturated heterocycles. The first kappa shape index (κ1) is 19.2. The van der Waals surface area contributed by atoms with Gasteiger partial charge in [0.25, 0.3) is 0 Å². The van der Waals surface area contributed by atoms with Gasteiger partial charge in [-0.3, -0.25) is 4.79 Å². The third-order valence-electron chi connectivity index (χ3n) is 4.04. The van der Waals surface area contributed by atoms with Gasteiger partial charge in [-0.2, -0.15) is 4.98 Å². The zero-order valence-electron chi connectivity index (χ0n) is 15.4. The van der Waals surface area contributed by atoms with E-state index in [2.05, 4.69) is 10.1 Å². The van der Waals surface area contributed by atoms with Gasteiger partial charge in [0.2, 0.25) is 11.8 Å². The van der Waals surface area contributed by atoms with Gasteiger partial charge < -0.3 is 19.1 Å². The first-order chi connectivity index (χ1) is 12.0. The lowest BCUT2D eigenvalue weighted by Crippen LogP contribution is -2.50. The third kappa shape index (κ3) is 6.03. The molecule has 1 fully saturated rings. The molecular formula is C17H28N4O4. The fourth-order valence-electron chi connectivity index (χ4n) is 2.55. The Bertz CT molecular complexity index is 565. The van der Waals surface area contributed by atoms with E-state index >= 15 is 0 Å². The molecule has 0 aliphatic carbocycles. The van der Waals surface area contributed by atoms with Gasteiger partial charge in [-0.25, -0.2) is 4.79 Å². The molecule has 0 bridgehead atoms. The monoisotopic (exact) mass is 352 g/mol. The van der Waals surface area contributed by atoms with Crippen molar-refractivity contribution in [3.8, 4) is 0 Å². The van der Waals surface area contributed by atoms with Gasteiger partial charge in [0.1, 0.15) is 0 Å². The molecular weight excluding hydrogens is 324 g/mol. The number of rotatable bonds is 7. The van der Waals surface area contributed by atoms with Crippen LogP contribution in [0.25, 0.3) is 0 Å². The van der Waals surface area contributed by atoms with E-state index < -0.39 is 0 Å². The van der Waals surface area contributed by atoms with E-state index in [0.29, 0.717) is 69.7 Å². The second-order valence-electron chi connectivity index (χ2n) is 6.65. The highest BCUT2D eigenvalue weighted by Crippen LogP contribution is 2.09. The molecule has 2 heterocycles. The van der Waals surface area contributed by atoms with Crippen molar-refractivity contribution in [2.24, 2.45) is 5.92 Å². The van der Waals surface area contributed by atoms with Crippen LogP contribution in [0, 0.1) is 5.92 Å². The molecule has 25 heavy (non-hydrogen) atoms. The Morgan fingerprint density at radius 3 is 2.48 bits per heavy atom. The maximum absolute atomic E-state index is 12.3. The number of nitrogens with zero attached hydrogens (tertiary/aromatic N) is 4. The molecule has 2 rings (SSSR count). The predicted molar refractivity (Wildman–Crippen MR) is 91.0 cm³/mol. The van der Waals surface area contributed by atoms with Gasteiger partial charge in [0.15, 0.2) is 5.82 Å². The Kier molecular flexibility index (Phi) is 7.21. The van der Waals surface area contributed by atoms with Crippen molar-refractivity contribution in [3.05, 3.63) is 11.7 Å². The van der Waals surface area contributed by atoms with Crippen LogP contribution in [0.1, 0.15) is 45.3 Å². The highest BCUT2D eigenvalue weighted by molar-refractivity contribution is 5.76. The van der Waals surface area contributed by atoms with E-state index in [9.17, 15) is 9.59 Å². The summed E-state index contributed by atoms with van der Waals surface area (Å²) in [6.07, 6.45) is 2.19. The number of carbonyl (C=O) groups is 2. The third-order valence-corrected chi connectivity index (χ3v) is 4.04. The Hall–Kier alpha value is -2.12. The molecule has 0 radical (unpaired) electrons. The van der Waals surface area contributed by atoms with Crippen molar-refractivity contribution >= 4 is 12.0 Å². The van der Waals surface area contributed by atoms with Crippen LogP contribution in [0.4, 0.5) is 4.79 Å². The number of aromatic nitrogens is 2. The van der Waals surface area contributed by atoms with Gasteiger partial charge in [0, 0.05) is 45.4 Å². The van der Waals surface area contributed by atoms with E-state index in [1.54, 1.807) is 9.80 Å². The van der Waals surface area contributed by atoms with Gasteiger partial charge in [0.05, 0.1) is 6.61 Å². The van der Waals surface area contributed by atoms with Crippen molar-refractivity contribution in [2.45, 2.75) is 46.5 Å². The number of piperazine rings is 1. The van der Waals surface area contributed by atoms with E-state index in [-0.39, 0.29) is 12.0 Å². The predicted octanol–water partition coefficient (Wildman–Crippen LogP) is 1.89. The van der Waals surface area contributed by atoms with Gasteiger partial charge in [-0.1, -0.05) is 25.9 Å². The number of hydrogen-bond donors (Lipinski definition) is 0. The minimum Gasteiger partial charge on any atom is -0.449 e. The molecule has 2 amide bonds. The number of ether oxygens (including phenoxy) is 1. The summed E-state index contributed by atoms with van der Waals surface area (Å²) < 4.78 is 10.3. The molecule has 0 saturated carbocycles.